The molecular weight excluding hydrogens is 719 g/mol. The molecular formula is C43H42F2N6O5. The first kappa shape index (κ1) is 37.3. The summed E-state index contributed by atoms with van der Waals surface area (Å²) in [6, 6.07) is 20.4. The van der Waals surface area contributed by atoms with Crippen molar-refractivity contribution < 1.29 is 32.3 Å². The number of oxazole rings is 2. The number of likely N-dealkylation sites (tertiary alicyclic amines) is 1. The van der Waals surface area contributed by atoms with Crippen molar-refractivity contribution in [1.82, 2.24) is 24.7 Å². The summed E-state index contributed by atoms with van der Waals surface area (Å²) in [5.41, 5.74) is 8.94. The fourth-order valence-corrected chi connectivity index (χ4v) is 8.18. The fourth-order valence-electron chi connectivity index (χ4n) is 8.18. The summed E-state index contributed by atoms with van der Waals surface area (Å²) in [5, 5.41) is 19.7. The Labute approximate surface area is 322 Å². The van der Waals surface area contributed by atoms with Crippen LogP contribution in [0, 0.1) is 25.2 Å². The molecule has 11 nitrogen and oxygen atoms in total. The lowest BCUT2D eigenvalue weighted by Crippen LogP contribution is -2.45. The van der Waals surface area contributed by atoms with Gasteiger partial charge in [-0.3, -0.25) is 14.6 Å². The van der Waals surface area contributed by atoms with Crippen molar-refractivity contribution >= 4 is 28.2 Å². The molecule has 56 heavy (non-hydrogen) atoms. The molecule has 13 heteroatoms. The van der Waals surface area contributed by atoms with Gasteiger partial charge in [0.1, 0.15) is 28.9 Å². The van der Waals surface area contributed by atoms with Crippen LogP contribution in [0.2, 0.25) is 0 Å². The number of carboxylic acids is 1. The van der Waals surface area contributed by atoms with Crippen LogP contribution in [0.5, 0.6) is 5.75 Å². The van der Waals surface area contributed by atoms with E-state index in [1.54, 1.807) is 11.0 Å². The number of benzene rings is 4. The highest BCUT2D eigenvalue weighted by atomic mass is 19.3. The van der Waals surface area contributed by atoms with Crippen LogP contribution in [-0.2, 0) is 17.9 Å². The van der Waals surface area contributed by atoms with Crippen LogP contribution in [0.15, 0.2) is 69.5 Å². The molecule has 2 aromatic heterocycles. The second-order valence-electron chi connectivity index (χ2n) is 14.6. The number of nitrogens with zero attached hydrogens (tertiary/aromatic N) is 6. The molecule has 0 radical (unpaired) electrons. The van der Waals surface area contributed by atoms with Crippen LogP contribution in [0.4, 0.5) is 8.78 Å². The molecule has 8 rings (SSSR count). The average Bonchev–Trinajstić information content (AvgIpc) is 3.94. The van der Waals surface area contributed by atoms with Crippen molar-refractivity contribution in [3.05, 3.63) is 88.5 Å². The topological polar surface area (TPSA) is 132 Å². The Morgan fingerprint density at radius 2 is 1.54 bits per heavy atom. The molecule has 1 atom stereocenters. The van der Waals surface area contributed by atoms with Crippen molar-refractivity contribution in [2.45, 2.75) is 59.4 Å². The summed E-state index contributed by atoms with van der Waals surface area (Å²) in [4.78, 5) is 28.1. The molecule has 0 aliphatic carbocycles. The van der Waals surface area contributed by atoms with Crippen LogP contribution < -0.4 is 4.74 Å². The van der Waals surface area contributed by atoms with Crippen LogP contribution >= 0.6 is 0 Å². The van der Waals surface area contributed by atoms with E-state index in [2.05, 4.69) is 22.8 Å². The molecule has 2 saturated heterocycles. The number of ether oxygens (including phenoxy) is 1. The second-order valence-corrected chi connectivity index (χ2v) is 14.6. The summed E-state index contributed by atoms with van der Waals surface area (Å²) >= 11 is 0. The van der Waals surface area contributed by atoms with Gasteiger partial charge in [-0.25, -0.2) is 9.97 Å². The number of fused-ring (bicyclic) bond motifs is 2. The first-order valence-corrected chi connectivity index (χ1v) is 18.9. The maximum Gasteiger partial charge on any atom is 0.387 e. The highest BCUT2D eigenvalue weighted by Crippen LogP contribution is 2.39. The van der Waals surface area contributed by atoms with E-state index in [9.17, 15) is 23.9 Å². The number of likely N-dealkylation sites (N-methyl/N-ethyl adjacent to an activating group) is 1. The van der Waals surface area contributed by atoms with Crippen LogP contribution in [0.1, 0.15) is 47.6 Å². The minimum absolute atomic E-state index is 0.0769. The van der Waals surface area contributed by atoms with E-state index in [-0.39, 0.29) is 17.9 Å². The minimum Gasteiger partial charge on any atom is -0.480 e. The summed E-state index contributed by atoms with van der Waals surface area (Å²) in [7, 11) is 0. The van der Waals surface area contributed by atoms with E-state index in [1.807, 2.05) is 62.4 Å². The van der Waals surface area contributed by atoms with E-state index >= 15 is 0 Å². The van der Waals surface area contributed by atoms with E-state index in [1.165, 1.54) is 6.07 Å². The molecule has 6 aromatic rings. The van der Waals surface area contributed by atoms with Gasteiger partial charge in [-0.1, -0.05) is 31.2 Å². The highest BCUT2D eigenvalue weighted by molar-refractivity contribution is 5.86. The van der Waals surface area contributed by atoms with E-state index < -0.39 is 18.6 Å². The Morgan fingerprint density at radius 3 is 2.18 bits per heavy atom. The minimum atomic E-state index is -3.07. The number of nitriles is 1. The maximum atomic E-state index is 13.5. The van der Waals surface area contributed by atoms with Crippen molar-refractivity contribution in [2.75, 3.05) is 39.3 Å². The fraction of sp³-hybridized carbons (Fsp3) is 0.349. The van der Waals surface area contributed by atoms with Crippen LogP contribution in [0.25, 0.3) is 56.2 Å². The molecule has 2 aliphatic rings. The van der Waals surface area contributed by atoms with Gasteiger partial charge in [-0.05, 0) is 97.9 Å². The number of carboxylic acid groups (broad SMARTS) is 1. The Morgan fingerprint density at radius 1 is 0.893 bits per heavy atom. The predicted molar refractivity (Wildman–Crippen MR) is 207 cm³/mol. The molecule has 2 fully saturated rings. The molecule has 4 aromatic carbocycles. The molecule has 0 unspecified atom stereocenters. The number of carbonyl (C=O) groups is 1. The third-order valence-electron chi connectivity index (χ3n) is 11.2. The summed E-state index contributed by atoms with van der Waals surface area (Å²) in [6.07, 6.45) is 1.19. The Kier molecular flexibility index (Phi) is 10.3. The Hall–Kier alpha value is -5.68. The van der Waals surface area contributed by atoms with Crippen molar-refractivity contribution in [3.63, 3.8) is 0 Å². The number of alkyl halides is 2. The molecule has 0 saturated carbocycles. The van der Waals surface area contributed by atoms with Gasteiger partial charge in [-0.15, -0.1) is 0 Å². The van der Waals surface area contributed by atoms with Gasteiger partial charge in [0, 0.05) is 62.0 Å². The number of aromatic nitrogens is 2. The lowest BCUT2D eigenvalue weighted by atomic mass is 9.91. The zero-order chi connectivity index (χ0) is 39.1. The zero-order valence-corrected chi connectivity index (χ0v) is 31.5. The Balaban J connectivity index is 1.11. The number of aliphatic carboxylic acids is 1. The first-order chi connectivity index (χ1) is 27.1. The SMILES string of the molecule is CCN1CCN(Cc2cc(C#N)c3oc(-c4cccc(-c5cccc(-c6nc7cc(CN8CCC[C@H]8C(=O)O)c(OC(F)F)cc7o6)c5C)c4C)nc3c2)CC1. The molecule has 0 bridgehead atoms. The first-order valence-electron chi connectivity index (χ1n) is 18.9. The van der Waals surface area contributed by atoms with E-state index in [4.69, 9.17) is 23.5 Å². The predicted octanol–water partition coefficient (Wildman–Crippen LogP) is 8.25. The van der Waals surface area contributed by atoms with E-state index in [0.29, 0.717) is 58.9 Å². The van der Waals surface area contributed by atoms with Gasteiger partial charge in [0.05, 0.1) is 5.56 Å². The lowest BCUT2D eigenvalue weighted by molar-refractivity contribution is -0.142. The van der Waals surface area contributed by atoms with Crippen LogP contribution in [0.3, 0.4) is 0 Å². The molecule has 0 amide bonds. The number of hydrogen-bond acceptors (Lipinski definition) is 10. The van der Waals surface area contributed by atoms with Crippen molar-refractivity contribution in [1.29, 1.82) is 5.26 Å². The third kappa shape index (κ3) is 7.23. The van der Waals surface area contributed by atoms with Crippen LogP contribution in [-0.4, -0.2) is 87.7 Å². The maximum absolute atomic E-state index is 13.5. The van der Waals surface area contributed by atoms with Gasteiger partial charge in [0.15, 0.2) is 11.2 Å². The summed E-state index contributed by atoms with van der Waals surface area (Å²) in [6.45, 7) is 9.56. The molecule has 4 heterocycles. The molecule has 1 N–H and O–H groups in total. The van der Waals surface area contributed by atoms with Gasteiger partial charge in [0.25, 0.3) is 0 Å². The monoisotopic (exact) mass is 760 g/mol. The normalized spacial score (nSPS) is 17.0. The van der Waals surface area contributed by atoms with E-state index in [0.717, 1.165) is 78.2 Å². The number of hydrogen-bond donors (Lipinski definition) is 1. The lowest BCUT2D eigenvalue weighted by Gasteiger charge is -2.34. The second kappa shape index (κ2) is 15.5. The van der Waals surface area contributed by atoms with Gasteiger partial charge >= 0.3 is 12.6 Å². The van der Waals surface area contributed by atoms with Crippen molar-refractivity contribution in [3.8, 4) is 45.9 Å². The van der Waals surface area contributed by atoms with Gasteiger partial charge in [0.2, 0.25) is 11.8 Å². The number of rotatable bonds is 11. The van der Waals surface area contributed by atoms with Gasteiger partial charge in [-0.2, -0.15) is 14.0 Å². The highest BCUT2D eigenvalue weighted by Gasteiger charge is 2.31. The molecule has 288 valence electrons. The zero-order valence-electron chi connectivity index (χ0n) is 31.5. The smallest absolute Gasteiger partial charge is 0.387 e. The number of halogens is 2. The van der Waals surface area contributed by atoms with Gasteiger partial charge < -0.3 is 23.6 Å². The summed E-state index contributed by atoms with van der Waals surface area (Å²) in [5.74, 6) is -0.280. The van der Waals surface area contributed by atoms with Crippen molar-refractivity contribution in [2.24, 2.45) is 0 Å². The average molecular weight is 761 g/mol. The number of piperazine rings is 1. The standard InChI is InChI=1S/C43H42F2N6O5/c1-4-49-14-16-50(17-15-49)23-27-18-28(22-46)39-35(19-27)48-41(56-39)33-11-6-9-31(26(33)3)30-8-5-10-32(25(30)2)40-47-34-20-29(24-51-13-7-12-36(51)42(52)53)37(55-43(44)45)21-38(34)54-40/h5-6,8-11,18-21,36,43H,4,7,12-17,23-24H2,1-3H3,(H,52,53)/t36-/m0/s1. The Bertz CT molecular complexity index is 2480. The quantitative estimate of drug-likeness (QED) is 0.137. The summed E-state index contributed by atoms with van der Waals surface area (Å²) < 4.78 is 44.4. The largest absolute Gasteiger partial charge is 0.480 e. The molecule has 2 aliphatic heterocycles. The molecule has 0 spiro atoms. The third-order valence-corrected chi connectivity index (χ3v) is 11.2.